The molecule has 0 aliphatic carbocycles. The van der Waals surface area contributed by atoms with E-state index in [4.69, 9.17) is 0 Å². The fourth-order valence-electron chi connectivity index (χ4n) is 1.16. The smallest absolute Gasteiger partial charge is 0.251 e. The number of nitrogens with one attached hydrogen (secondary N) is 2. The Bertz CT molecular complexity index is 485. The predicted molar refractivity (Wildman–Crippen MR) is 70.8 cm³/mol. The Morgan fingerprint density at radius 1 is 1.29 bits per heavy atom. The number of amides is 1. The highest BCUT2D eigenvalue weighted by atomic mass is 79.9. The van der Waals surface area contributed by atoms with Crippen LogP contribution in [0.2, 0.25) is 0 Å². The van der Waals surface area contributed by atoms with Crippen molar-refractivity contribution in [1.82, 2.24) is 5.32 Å². The third kappa shape index (κ3) is 4.35. The quantitative estimate of drug-likeness (QED) is 0.808. The van der Waals surface area contributed by atoms with Crippen molar-refractivity contribution >= 4 is 37.5 Å². The molecule has 94 valence electrons. The highest BCUT2D eigenvalue weighted by Crippen LogP contribution is 2.12. The van der Waals surface area contributed by atoms with Gasteiger partial charge in [0.1, 0.15) is 4.66 Å². The average molecular weight is 321 g/mol. The Morgan fingerprint density at radius 3 is 2.35 bits per heavy atom. The molecule has 0 unspecified atom stereocenters. The van der Waals surface area contributed by atoms with E-state index >= 15 is 0 Å². The molecule has 1 aromatic carbocycles. The van der Waals surface area contributed by atoms with E-state index in [1.807, 2.05) is 6.92 Å². The molecule has 0 heterocycles. The van der Waals surface area contributed by atoms with E-state index in [0.29, 0.717) is 17.8 Å². The second-order valence-electron chi connectivity index (χ2n) is 3.26. The van der Waals surface area contributed by atoms with E-state index in [1.165, 1.54) is 0 Å². The first kappa shape index (κ1) is 14.0. The molecular weight excluding hydrogens is 308 g/mol. The summed E-state index contributed by atoms with van der Waals surface area (Å²) in [7, 11) is -3.35. The first-order valence-electron chi connectivity index (χ1n) is 4.93. The van der Waals surface area contributed by atoms with Crippen LogP contribution in [0.5, 0.6) is 0 Å². The lowest BCUT2D eigenvalue weighted by Crippen LogP contribution is -2.22. The minimum absolute atomic E-state index is 0.169. The molecule has 0 aliphatic rings. The van der Waals surface area contributed by atoms with E-state index in [-0.39, 0.29) is 10.6 Å². The van der Waals surface area contributed by atoms with Crippen molar-refractivity contribution in [3.8, 4) is 0 Å². The van der Waals surface area contributed by atoms with E-state index in [1.54, 1.807) is 24.3 Å². The second-order valence-corrected chi connectivity index (χ2v) is 6.29. The lowest BCUT2D eigenvalue weighted by molar-refractivity contribution is 0.0956. The van der Waals surface area contributed by atoms with Gasteiger partial charge in [-0.3, -0.25) is 9.52 Å². The molecule has 0 radical (unpaired) electrons. The maximum Gasteiger partial charge on any atom is 0.251 e. The number of carbonyl (C=O) groups excluding carboxylic acids is 1. The van der Waals surface area contributed by atoms with Crippen LogP contribution in [0.4, 0.5) is 5.69 Å². The van der Waals surface area contributed by atoms with Crippen LogP contribution in [0, 0.1) is 0 Å². The molecule has 0 saturated heterocycles. The first-order chi connectivity index (χ1) is 7.98. The molecule has 0 aromatic heterocycles. The normalized spacial score (nSPS) is 10.9. The van der Waals surface area contributed by atoms with Crippen LogP contribution in [0.15, 0.2) is 24.3 Å². The number of hydrogen-bond donors (Lipinski definition) is 2. The molecule has 17 heavy (non-hydrogen) atoms. The molecule has 0 saturated carbocycles. The molecule has 0 fully saturated rings. The van der Waals surface area contributed by atoms with E-state index in [9.17, 15) is 13.2 Å². The Hall–Kier alpha value is -1.08. The third-order valence-electron chi connectivity index (χ3n) is 1.90. The van der Waals surface area contributed by atoms with Crippen molar-refractivity contribution < 1.29 is 13.2 Å². The predicted octanol–water partition coefficient (Wildman–Crippen LogP) is 1.53. The topological polar surface area (TPSA) is 75.3 Å². The van der Waals surface area contributed by atoms with Gasteiger partial charge in [0.05, 0.1) is 0 Å². The SMILES string of the molecule is CCNC(=O)c1ccc(NS(=O)(=O)CBr)cc1. The van der Waals surface area contributed by atoms with Gasteiger partial charge in [0.2, 0.25) is 10.0 Å². The first-order valence-corrected chi connectivity index (χ1v) is 7.70. The minimum Gasteiger partial charge on any atom is -0.352 e. The largest absolute Gasteiger partial charge is 0.352 e. The summed E-state index contributed by atoms with van der Waals surface area (Å²) in [6.07, 6.45) is 0. The Balaban J connectivity index is 2.78. The number of rotatable bonds is 5. The summed E-state index contributed by atoms with van der Waals surface area (Å²) in [6.45, 7) is 2.38. The molecule has 2 N–H and O–H groups in total. The Labute approximate surface area is 109 Å². The zero-order valence-electron chi connectivity index (χ0n) is 9.23. The molecule has 1 aromatic rings. The van der Waals surface area contributed by atoms with E-state index < -0.39 is 10.0 Å². The van der Waals surface area contributed by atoms with Crippen molar-refractivity contribution in [1.29, 1.82) is 0 Å². The molecule has 1 amide bonds. The van der Waals surface area contributed by atoms with Gasteiger partial charge in [-0.25, -0.2) is 8.42 Å². The summed E-state index contributed by atoms with van der Waals surface area (Å²) in [5.41, 5.74) is 0.922. The van der Waals surface area contributed by atoms with Crippen LogP contribution >= 0.6 is 15.9 Å². The van der Waals surface area contributed by atoms with Gasteiger partial charge in [-0.15, -0.1) is 0 Å². The summed E-state index contributed by atoms with van der Waals surface area (Å²) in [6, 6.07) is 6.23. The molecule has 0 atom stereocenters. The fourth-order valence-corrected chi connectivity index (χ4v) is 2.05. The van der Waals surface area contributed by atoms with E-state index in [0.717, 1.165) is 0 Å². The number of anilines is 1. The number of hydrogen-bond acceptors (Lipinski definition) is 3. The van der Waals surface area contributed by atoms with Crippen LogP contribution in [-0.2, 0) is 10.0 Å². The standard InChI is InChI=1S/C10H13BrN2O3S/c1-2-12-10(14)8-3-5-9(6-4-8)13-17(15,16)7-11/h3-6,13H,2,7H2,1H3,(H,12,14). The van der Waals surface area contributed by atoms with Crippen molar-refractivity contribution in [3.05, 3.63) is 29.8 Å². The molecule has 7 heteroatoms. The van der Waals surface area contributed by atoms with Crippen molar-refractivity contribution in [2.75, 3.05) is 15.9 Å². The summed E-state index contributed by atoms with van der Waals surface area (Å²) >= 11 is 2.87. The summed E-state index contributed by atoms with van der Waals surface area (Å²) in [4.78, 5) is 11.4. The van der Waals surface area contributed by atoms with Gasteiger partial charge in [0, 0.05) is 17.8 Å². The molecule has 1 rings (SSSR count). The van der Waals surface area contributed by atoms with Crippen LogP contribution in [0.3, 0.4) is 0 Å². The molecule has 0 aliphatic heterocycles. The lowest BCUT2D eigenvalue weighted by atomic mass is 10.2. The highest BCUT2D eigenvalue weighted by Gasteiger charge is 2.08. The fraction of sp³-hybridized carbons (Fsp3) is 0.300. The Kier molecular flexibility index (Phi) is 4.95. The average Bonchev–Trinajstić information content (AvgIpc) is 2.30. The van der Waals surface area contributed by atoms with E-state index in [2.05, 4.69) is 26.0 Å². The number of carbonyl (C=O) groups is 1. The highest BCUT2D eigenvalue weighted by molar-refractivity contribution is 9.10. The minimum atomic E-state index is -3.35. The molecular formula is C10H13BrN2O3S. The van der Waals surface area contributed by atoms with Gasteiger partial charge < -0.3 is 5.32 Å². The van der Waals surface area contributed by atoms with Gasteiger partial charge in [0.25, 0.3) is 5.91 Å². The van der Waals surface area contributed by atoms with Crippen LogP contribution in [0.1, 0.15) is 17.3 Å². The molecule has 0 spiro atoms. The van der Waals surface area contributed by atoms with Gasteiger partial charge in [-0.05, 0) is 31.2 Å². The molecule has 5 nitrogen and oxygen atoms in total. The molecule has 0 bridgehead atoms. The zero-order valence-corrected chi connectivity index (χ0v) is 11.6. The van der Waals surface area contributed by atoms with Crippen molar-refractivity contribution in [3.63, 3.8) is 0 Å². The van der Waals surface area contributed by atoms with Gasteiger partial charge >= 0.3 is 0 Å². The third-order valence-corrected chi connectivity index (χ3v) is 4.54. The van der Waals surface area contributed by atoms with Crippen molar-refractivity contribution in [2.24, 2.45) is 0 Å². The van der Waals surface area contributed by atoms with Gasteiger partial charge in [0.15, 0.2) is 0 Å². The van der Waals surface area contributed by atoms with Crippen LogP contribution in [-0.4, -0.2) is 25.5 Å². The van der Waals surface area contributed by atoms with Gasteiger partial charge in [-0.1, -0.05) is 15.9 Å². The maximum absolute atomic E-state index is 11.4. The van der Waals surface area contributed by atoms with Crippen molar-refractivity contribution in [2.45, 2.75) is 6.92 Å². The maximum atomic E-state index is 11.4. The number of sulfonamides is 1. The Morgan fingerprint density at radius 2 is 1.88 bits per heavy atom. The lowest BCUT2D eigenvalue weighted by Gasteiger charge is -2.06. The zero-order chi connectivity index (χ0) is 12.9. The number of alkyl halides is 1. The number of halogens is 1. The van der Waals surface area contributed by atoms with Gasteiger partial charge in [-0.2, -0.15) is 0 Å². The second kappa shape index (κ2) is 6.02. The summed E-state index contributed by atoms with van der Waals surface area (Å²) < 4.78 is 24.7. The summed E-state index contributed by atoms with van der Waals surface area (Å²) in [5, 5.41) is 2.66. The van der Waals surface area contributed by atoms with Crippen LogP contribution < -0.4 is 10.0 Å². The summed E-state index contributed by atoms with van der Waals surface area (Å²) in [5.74, 6) is -0.178. The monoisotopic (exact) mass is 320 g/mol. The number of benzene rings is 1. The van der Waals surface area contributed by atoms with Crippen LogP contribution in [0.25, 0.3) is 0 Å².